The number of H-pyrrole nitrogens is 2. The molecular formula is C54H52F2N16O6. The highest BCUT2D eigenvalue weighted by Crippen LogP contribution is 2.42. The maximum absolute atomic E-state index is 16.3. The van der Waals surface area contributed by atoms with Crippen LogP contribution in [0, 0.1) is 11.6 Å². The van der Waals surface area contributed by atoms with Crippen LogP contribution in [-0.2, 0) is 33.4 Å². The number of hydrogen-bond donors (Lipinski definition) is 4. The fourth-order valence-electron chi connectivity index (χ4n) is 9.32. The minimum Gasteiger partial charge on any atom is -0.377 e. The van der Waals surface area contributed by atoms with Gasteiger partial charge in [0.2, 0.25) is 11.8 Å². The first-order valence-corrected chi connectivity index (χ1v) is 25.3. The number of imidazole rings is 2. The van der Waals surface area contributed by atoms with E-state index in [9.17, 15) is 9.59 Å². The molecule has 22 nitrogen and oxygen atoms in total. The average molecular weight is 1060 g/mol. The van der Waals surface area contributed by atoms with E-state index in [-0.39, 0.29) is 47.9 Å². The van der Waals surface area contributed by atoms with E-state index in [1.54, 1.807) is 55.1 Å². The Morgan fingerprint density at radius 2 is 1.24 bits per heavy atom. The van der Waals surface area contributed by atoms with Crippen LogP contribution in [0.4, 0.5) is 8.78 Å². The normalized spacial score (nSPS) is 16.3. The summed E-state index contributed by atoms with van der Waals surface area (Å²) < 4.78 is 58.1. The van der Waals surface area contributed by atoms with Gasteiger partial charge in [0.1, 0.15) is 34.3 Å². The van der Waals surface area contributed by atoms with E-state index < -0.39 is 40.4 Å². The lowest BCUT2D eigenvalue weighted by Crippen LogP contribution is -2.30. The fraction of sp³-hybridized carbons (Fsp3) is 0.333. The smallest absolute Gasteiger partial charge is 0.292 e. The molecule has 0 saturated carbocycles. The van der Waals surface area contributed by atoms with Crippen molar-refractivity contribution in [3.05, 3.63) is 131 Å². The van der Waals surface area contributed by atoms with Crippen LogP contribution in [0.1, 0.15) is 122 Å². The van der Waals surface area contributed by atoms with E-state index in [0.717, 1.165) is 5.56 Å². The second kappa shape index (κ2) is 19.6. The predicted molar refractivity (Wildman–Crippen MR) is 276 cm³/mol. The standard InChI is InChI=1S/C54H52F2N16O6/c1-53(2,3)51-67-47(69-77-51)49(73)59-18-29-9-7-27(15-37(29)55)35-11-13-57-45-41(35)63-43(65-45)31-20-61-71(23-31)33-12-14-76-39(17-33)36-22-58-46-42(64-44(66-46)32-21-62-72(24-32)34-25-75-26-34)40(36)28-8-10-30(38(56)16-28)19-60-50(74)48-68-52(78-70-48)54(4,5)6/h7-11,13,15-16,20-24,33-34,39H,12,14,17-19,25-26H2,1-6H3,(H,59,73)(H,60,74)(H,57,63,65)(H,58,64,66). The van der Waals surface area contributed by atoms with E-state index in [0.29, 0.717) is 112 Å². The van der Waals surface area contributed by atoms with Crippen molar-refractivity contribution < 1.29 is 36.9 Å². The number of hydrogen-bond acceptors (Lipinski definition) is 16. The molecule has 24 heteroatoms. The molecule has 2 fully saturated rings. The molecule has 0 spiro atoms. The summed E-state index contributed by atoms with van der Waals surface area (Å²) in [6.45, 7) is 12.7. The van der Waals surface area contributed by atoms with Crippen LogP contribution in [0.2, 0.25) is 0 Å². The molecule has 2 amide bonds. The third kappa shape index (κ3) is 9.67. The zero-order chi connectivity index (χ0) is 54.0. The van der Waals surface area contributed by atoms with Crippen LogP contribution >= 0.6 is 0 Å². The van der Waals surface area contributed by atoms with Gasteiger partial charge in [0.15, 0.2) is 11.3 Å². The molecule has 2 atom stereocenters. The first-order chi connectivity index (χ1) is 37.5. The van der Waals surface area contributed by atoms with Gasteiger partial charge < -0.3 is 39.1 Å². The van der Waals surface area contributed by atoms with Gasteiger partial charge in [0.25, 0.3) is 23.5 Å². The SMILES string of the molecule is CC(C)(C)c1nc(C(=O)NCc2ccc(-c3ccnc4[nH]c(-c5cnn(C6CCOC(c7cnc8[nH]c(-c9cnn(C%10COC%10)c9)nc8c7-c7ccc(CNC(=O)c8noc(C(C)(C)C)n8)c(F)c7)C6)c5)nc34)cc2F)no1. The minimum absolute atomic E-state index is 0.0920. The Balaban J connectivity index is 0.790. The molecule has 0 bridgehead atoms. The maximum atomic E-state index is 16.3. The van der Waals surface area contributed by atoms with Gasteiger partial charge in [0.05, 0.1) is 54.9 Å². The minimum atomic E-state index is -0.596. The van der Waals surface area contributed by atoms with Gasteiger partial charge in [-0.15, -0.1) is 0 Å². The Morgan fingerprint density at radius 3 is 1.81 bits per heavy atom. The number of ether oxygens (including phenoxy) is 2. The van der Waals surface area contributed by atoms with Gasteiger partial charge in [-0.3, -0.25) is 19.0 Å². The van der Waals surface area contributed by atoms with Crippen molar-refractivity contribution in [1.29, 1.82) is 0 Å². The van der Waals surface area contributed by atoms with E-state index in [1.807, 2.05) is 63.3 Å². The number of rotatable bonds is 13. The number of pyridine rings is 2. The first-order valence-electron chi connectivity index (χ1n) is 25.3. The number of halogens is 2. The lowest BCUT2D eigenvalue weighted by molar-refractivity contribution is -0.0286. The summed E-state index contributed by atoms with van der Waals surface area (Å²) >= 11 is 0. The molecule has 0 aliphatic carbocycles. The Bertz CT molecular complexity index is 3910. The highest BCUT2D eigenvalue weighted by atomic mass is 19.1. The monoisotopic (exact) mass is 1060 g/mol. The van der Waals surface area contributed by atoms with Crippen LogP contribution in [0.25, 0.3) is 67.4 Å². The van der Waals surface area contributed by atoms with Crippen LogP contribution in [0.3, 0.4) is 0 Å². The Kier molecular flexibility index (Phi) is 12.5. The first kappa shape index (κ1) is 49.9. The Labute approximate surface area is 442 Å². The zero-order valence-electron chi connectivity index (χ0n) is 43.3. The van der Waals surface area contributed by atoms with Crippen molar-refractivity contribution >= 4 is 34.1 Å². The number of amides is 2. The van der Waals surface area contributed by atoms with E-state index in [1.165, 1.54) is 12.1 Å². The molecule has 2 unspecified atom stereocenters. The summed E-state index contributed by atoms with van der Waals surface area (Å²) in [6.07, 6.45) is 11.3. The highest BCUT2D eigenvalue weighted by Gasteiger charge is 2.32. The van der Waals surface area contributed by atoms with Crippen LogP contribution < -0.4 is 10.6 Å². The van der Waals surface area contributed by atoms with Crippen molar-refractivity contribution in [3.63, 3.8) is 0 Å². The second-order valence-electron chi connectivity index (χ2n) is 21.5. The highest BCUT2D eigenvalue weighted by molar-refractivity contribution is 5.94. The van der Waals surface area contributed by atoms with E-state index >= 15 is 8.78 Å². The molecule has 10 aromatic rings. The summed E-state index contributed by atoms with van der Waals surface area (Å²) in [7, 11) is 0. The van der Waals surface area contributed by atoms with Crippen molar-refractivity contribution in [3.8, 4) is 45.0 Å². The molecule has 78 heavy (non-hydrogen) atoms. The molecule has 10 heterocycles. The van der Waals surface area contributed by atoms with Crippen LogP contribution in [-0.4, -0.2) is 101 Å². The largest absolute Gasteiger partial charge is 0.377 e. The number of carbonyl (C=O) groups is 2. The molecule has 0 radical (unpaired) electrons. The summed E-state index contributed by atoms with van der Waals surface area (Å²) in [4.78, 5) is 60.2. The summed E-state index contributed by atoms with van der Waals surface area (Å²) in [5.41, 5.74) is 6.20. The van der Waals surface area contributed by atoms with Crippen molar-refractivity contribution in [2.45, 2.75) is 96.5 Å². The van der Waals surface area contributed by atoms with Gasteiger partial charge in [-0.1, -0.05) is 76.1 Å². The zero-order valence-corrected chi connectivity index (χ0v) is 43.3. The third-order valence-electron chi connectivity index (χ3n) is 13.8. The second-order valence-corrected chi connectivity index (χ2v) is 21.5. The summed E-state index contributed by atoms with van der Waals surface area (Å²) in [5.74, 6) is -0.829. The van der Waals surface area contributed by atoms with Gasteiger partial charge in [0, 0.05) is 89.6 Å². The van der Waals surface area contributed by atoms with Crippen molar-refractivity contribution in [2.24, 2.45) is 0 Å². The number of carbonyl (C=O) groups excluding carboxylic acids is 2. The number of fused-ring (bicyclic) bond motifs is 2. The fourth-order valence-corrected chi connectivity index (χ4v) is 9.32. The lowest BCUT2D eigenvalue weighted by Gasteiger charge is -2.31. The molecule has 398 valence electrons. The summed E-state index contributed by atoms with van der Waals surface area (Å²) in [5, 5.41) is 22.3. The number of nitrogens with zero attached hydrogens (tertiary/aromatic N) is 12. The van der Waals surface area contributed by atoms with Crippen molar-refractivity contribution in [1.82, 2.24) is 80.4 Å². The number of aromatic nitrogens is 14. The molecule has 2 aromatic carbocycles. The number of aromatic amines is 2. The molecule has 2 aliphatic heterocycles. The molecule has 2 saturated heterocycles. The van der Waals surface area contributed by atoms with Crippen molar-refractivity contribution in [2.75, 3.05) is 19.8 Å². The Hall–Kier alpha value is -8.90. The average Bonchev–Trinajstić information content (AvgIpc) is 4.31. The third-order valence-corrected chi connectivity index (χ3v) is 13.8. The van der Waals surface area contributed by atoms with Gasteiger partial charge in [-0.25, -0.2) is 28.7 Å². The van der Waals surface area contributed by atoms with Crippen LogP contribution in [0.15, 0.2) is 88.7 Å². The van der Waals surface area contributed by atoms with E-state index in [2.05, 4.69) is 51.0 Å². The topological polar surface area (TPSA) is 273 Å². The molecular weight excluding hydrogens is 1010 g/mol. The molecule has 2 aliphatic rings. The van der Waals surface area contributed by atoms with Gasteiger partial charge >= 0.3 is 0 Å². The number of nitrogens with one attached hydrogen (secondary N) is 4. The Morgan fingerprint density at radius 1 is 0.679 bits per heavy atom. The van der Waals surface area contributed by atoms with Gasteiger partial charge in [-0.2, -0.15) is 20.2 Å². The lowest BCUT2D eigenvalue weighted by atomic mass is 9.91. The quantitative estimate of drug-likeness (QED) is 0.0843. The maximum Gasteiger partial charge on any atom is 0.292 e. The predicted octanol–water partition coefficient (Wildman–Crippen LogP) is 8.45. The van der Waals surface area contributed by atoms with E-state index in [4.69, 9.17) is 38.6 Å². The molecule has 4 N–H and O–H groups in total. The van der Waals surface area contributed by atoms with Gasteiger partial charge in [-0.05, 0) is 35.7 Å². The molecule has 8 aromatic heterocycles. The number of benzene rings is 2. The molecule has 12 rings (SSSR count). The van der Waals surface area contributed by atoms with Crippen LogP contribution in [0.5, 0.6) is 0 Å². The summed E-state index contributed by atoms with van der Waals surface area (Å²) in [6, 6.07) is 11.4.